The minimum atomic E-state index is -3.54. The number of hydrogen-bond donors (Lipinski definition) is 1. The number of rotatable bonds is 7. The van der Waals surface area contributed by atoms with Crippen molar-refractivity contribution in [3.05, 3.63) is 64.7 Å². The van der Waals surface area contributed by atoms with Crippen molar-refractivity contribution < 1.29 is 22.7 Å². The van der Waals surface area contributed by atoms with Gasteiger partial charge in [-0.3, -0.25) is 4.79 Å². The lowest BCUT2D eigenvalue weighted by molar-refractivity contribution is -0.124. The van der Waals surface area contributed by atoms with Crippen molar-refractivity contribution in [3.63, 3.8) is 0 Å². The van der Waals surface area contributed by atoms with Crippen LogP contribution in [0.2, 0.25) is 0 Å². The zero-order chi connectivity index (χ0) is 22.6. The van der Waals surface area contributed by atoms with Crippen molar-refractivity contribution in [2.45, 2.75) is 44.6 Å². The molecule has 0 spiro atoms. The summed E-state index contributed by atoms with van der Waals surface area (Å²) in [4.78, 5) is 24.6. The number of nitrogens with one attached hydrogen (secondary N) is 1. The number of ether oxygens (including phenoxy) is 1. The molecule has 1 saturated heterocycles. The maximum atomic E-state index is 12.5. The maximum Gasteiger partial charge on any atom is 0.338 e. The summed E-state index contributed by atoms with van der Waals surface area (Å²) in [5, 5.41) is 2.81. The van der Waals surface area contributed by atoms with Crippen LogP contribution in [0.25, 0.3) is 0 Å². The van der Waals surface area contributed by atoms with E-state index in [1.165, 1.54) is 34.1 Å². The van der Waals surface area contributed by atoms with Gasteiger partial charge in [-0.1, -0.05) is 18.2 Å². The van der Waals surface area contributed by atoms with Gasteiger partial charge in [0.05, 0.1) is 16.5 Å². The Morgan fingerprint density at radius 2 is 1.68 bits per heavy atom. The van der Waals surface area contributed by atoms with E-state index in [1.807, 2.05) is 39.0 Å². The van der Waals surface area contributed by atoms with Gasteiger partial charge in [0.2, 0.25) is 10.0 Å². The Morgan fingerprint density at radius 1 is 1.03 bits per heavy atom. The molecule has 1 fully saturated rings. The van der Waals surface area contributed by atoms with Gasteiger partial charge in [0.15, 0.2) is 6.61 Å². The normalized spacial score (nSPS) is 15.5. The molecule has 1 N–H and O–H groups in total. The molecule has 31 heavy (non-hydrogen) atoms. The zero-order valence-corrected chi connectivity index (χ0v) is 18.9. The second-order valence-electron chi connectivity index (χ2n) is 7.84. The van der Waals surface area contributed by atoms with E-state index in [0.717, 1.165) is 24.0 Å². The fourth-order valence-electron chi connectivity index (χ4n) is 3.46. The molecule has 0 bridgehead atoms. The van der Waals surface area contributed by atoms with Crippen molar-refractivity contribution in [2.75, 3.05) is 19.7 Å². The van der Waals surface area contributed by atoms with Gasteiger partial charge in [-0.25, -0.2) is 13.2 Å². The Morgan fingerprint density at radius 3 is 2.29 bits per heavy atom. The number of carbonyl (C=O) groups excluding carboxylic acids is 2. The Bertz CT molecular complexity index is 1060. The number of carbonyl (C=O) groups is 2. The second-order valence-corrected chi connectivity index (χ2v) is 9.78. The number of sulfonamides is 1. The molecular weight excluding hydrogens is 416 g/mol. The third-order valence-corrected chi connectivity index (χ3v) is 7.45. The van der Waals surface area contributed by atoms with Crippen LogP contribution in [-0.4, -0.2) is 44.3 Å². The van der Waals surface area contributed by atoms with E-state index >= 15 is 0 Å². The van der Waals surface area contributed by atoms with E-state index in [0.29, 0.717) is 13.1 Å². The first-order valence-electron chi connectivity index (χ1n) is 10.3. The summed E-state index contributed by atoms with van der Waals surface area (Å²) < 4.78 is 31.6. The molecule has 3 rings (SSSR count). The lowest BCUT2D eigenvalue weighted by atomic mass is 10.0. The monoisotopic (exact) mass is 444 g/mol. The second kappa shape index (κ2) is 9.62. The molecule has 0 aliphatic carbocycles. The Kier molecular flexibility index (Phi) is 7.12. The highest BCUT2D eigenvalue weighted by atomic mass is 32.2. The van der Waals surface area contributed by atoms with Crippen molar-refractivity contribution in [1.82, 2.24) is 9.62 Å². The van der Waals surface area contributed by atoms with Crippen LogP contribution >= 0.6 is 0 Å². The summed E-state index contributed by atoms with van der Waals surface area (Å²) >= 11 is 0. The molecule has 1 aliphatic heterocycles. The van der Waals surface area contributed by atoms with Crippen molar-refractivity contribution >= 4 is 21.9 Å². The largest absolute Gasteiger partial charge is 0.452 e. The smallest absolute Gasteiger partial charge is 0.338 e. The number of nitrogens with zero attached hydrogens (tertiary/aromatic N) is 1. The van der Waals surface area contributed by atoms with Gasteiger partial charge in [-0.05, 0) is 74.6 Å². The highest BCUT2D eigenvalue weighted by molar-refractivity contribution is 7.89. The van der Waals surface area contributed by atoms with Crippen LogP contribution in [0.5, 0.6) is 0 Å². The fourth-order valence-corrected chi connectivity index (χ4v) is 4.97. The van der Waals surface area contributed by atoms with E-state index < -0.39 is 28.5 Å². The molecule has 2 aromatic rings. The first-order chi connectivity index (χ1) is 14.7. The summed E-state index contributed by atoms with van der Waals surface area (Å²) in [5.74, 6) is -1.09. The summed E-state index contributed by atoms with van der Waals surface area (Å²) in [6.07, 6.45) is 1.71. The molecule has 8 heteroatoms. The van der Waals surface area contributed by atoms with E-state index in [1.54, 1.807) is 0 Å². The fraction of sp³-hybridized carbons (Fsp3) is 0.391. The average Bonchev–Trinajstić information content (AvgIpc) is 3.30. The minimum Gasteiger partial charge on any atom is -0.452 e. The van der Waals surface area contributed by atoms with Crippen LogP contribution < -0.4 is 5.32 Å². The molecule has 1 amide bonds. The third kappa shape index (κ3) is 5.51. The number of benzene rings is 2. The van der Waals surface area contributed by atoms with E-state index in [-0.39, 0.29) is 16.5 Å². The highest BCUT2D eigenvalue weighted by Gasteiger charge is 2.27. The molecule has 0 saturated carbocycles. The first-order valence-corrected chi connectivity index (χ1v) is 11.8. The van der Waals surface area contributed by atoms with Gasteiger partial charge >= 0.3 is 5.97 Å². The molecule has 1 aliphatic rings. The summed E-state index contributed by atoms with van der Waals surface area (Å²) in [5.41, 5.74) is 3.48. The van der Waals surface area contributed by atoms with Crippen LogP contribution in [-0.2, 0) is 19.6 Å². The van der Waals surface area contributed by atoms with Crippen molar-refractivity contribution in [2.24, 2.45) is 0 Å². The van der Waals surface area contributed by atoms with Crippen molar-refractivity contribution in [3.8, 4) is 0 Å². The van der Waals surface area contributed by atoms with E-state index in [2.05, 4.69) is 5.32 Å². The molecule has 1 atom stereocenters. The number of amides is 1. The Balaban J connectivity index is 1.54. The number of hydrogen-bond acceptors (Lipinski definition) is 5. The molecule has 0 radical (unpaired) electrons. The van der Waals surface area contributed by atoms with Gasteiger partial charge in [0.25, 0.3) is 5.91 Å². The van der Waals surface area contributed by atoms with E-state index in [4.69, 9.17) is 4.74 Å². The number of esters is 1. The molecule has 1 heterocycles. The number of aryl methyl sites for hydroxylation is 2. The predicted octanol–water partition coefficient (Wildman–Crippen LogP) is 3.12. The van der Waals surface area contributed by atoms with E-state index in [9.17, 15) is 18.0 Å². The van der Waals surface area contributed by atoms with Gasteiger partial charge in [-0.2, -0.15) is 4.31 Å². The molecule has 1 unspecified atom stereocenters. The van der Waals surface area contributed by atoms with Crippen LogP contribution in [0.4, 0.5) is 0 Å². The highest BCUT2D eigenvalue weighted by Crippen LogP contribution is 2.21. The molecular formula is C23H28N2O5S. The Hall–Kier alpha value is -2.71. The predicted molar refractivity (Wildman–Crippen MR) is 117 cm³/mol. The molecule has 2 aromatic carbocycles. The summed E-state index contributed by atoms with van der Waals surface area (Å²) in [6, 6.07) is 11.3. The molecule has 7 nitrogen and oxygen atoms in total. The molecule has 166 valence electrons. The third-order valence-electron chi connectivity index (χ3n) is 5.54. The van der Waals surface area contributed by atoms with Gasteiger partial charge in [0, 0.05) is 13.1 Å². The average molecular weight is 445 g/mol. The van der Waals surface area contributed by atoms with Crippen LogP contribution in [0, 0.1) is 13.8 Å². The van der Waals surface area contributed by atoms with Crippen molar-refractivity contribution in [1.29, 1.82) is 0 Å². The summed E-state index contributed by atoms with van der Waals surface area (Å²) in [6.45, 7) is 6.52. The van der Waals surface area contributed by atoms with Crippen LogP contribution in [0.15, 0.2) is 47.4 Å². The standard InChI is InChI=1S/C23H28N2O5S/c1-16-6-7-20(14-17(16)2)18(3)24-22(26)15-30-23(27)19-8-10-21(11-9-19)31(28,29)25-12-4-5-13-25/h6-11,14,18H,4-5,12-13,15H2,1-3H3,(H,24,26). The lowest BCUT2D eigenvalue weighted by Crippen LogP contribution is -2.31. The Labute approximate surface area is 183 Å². The zero-order valence-electron chi connectivity index (χ0n) is 18.1. The molecule has 0 aromatic heterocycles. The van der Waals surface area contributed by atoms with Crippen LogP contribution in [0.1, 0.15) is 52.9 Å². The van der Waals surface area contributed by atoms with Gasteiger partial charge in [-0.15, -0.1) is 0 Å². The minimum absolute atomic E-state index is 0.144. The van der Waals surface area contributed by atoms with Gasteiger partial charge in [0.1, 0.15) is 0 Å². The quantitative estimate of drug-likeness (QED) is 0.663. The van der Waals surface area contributed by atoms with Gasteiger partial charge < -0.3 is 10.1 Å². The topological polar surface area (TPSA) is 92.8 Å². The first kappa shape index (κ1) is 23.0. The summed E-state index contributed by atoms with van der Waals surface area (Å²) in [7, 11) is -3.54. The lowest BCUT2D eigenvalue weighted by Gasteiger charge is -2.16. The SMILES string of the molecule is Cc1ccc(C(C)NC(=O)COC(=O)c2ccc(S(=O)(=O)N3CCCC3)cc2)cc1C. The maximum absolute atomic E-state index is 12.5. The van der Waals surface area contributed by atoms with Crippen LogP contribution in [0.3, 0.4) is 0 Å².